The summed E-state index contributed by atoms with van der Waals surface area (Å²) in [6.45, 7) is 0.532. The maximum absolute atomic E-state index is 7.53. The van der Waals surface area contributed by atoms with Crippen LogP contribution in [0.4, 0.5) is 0 Å². The Labute approximate surface area is 121 Å². The van der Waals surface area contributed by atoms with Gasteiger partial charge < -0.3 is 5.32 Å². The Kier molecular flexibility index (Phi) is 6.41. The van der Waals surface area contributed by atoms with Crippen molar-refractivity contribution in [1.82, 2.24) is 16.1 Å². The fourth-order valence-electron chi connectivity index (χ4n) is 1.32. The van der Waals surface area contributed by atoms with E-state index in [4.69, 9.17) is 34.0 Å². The van der Waals surface area contributed by atoms with Gasteiger partial charge in [0.05, 0.1) is 17.2 Å². The second-order valence-corrected chi connectivity index (χ2v) is 4.42. The second-order valence-electron chi connectivity index (χ2n) is 3.61. The van der Waals surface area contributed by atoms with E-state index in [2.05, 4.69) is 21.0 Å². The molecule has 5 N–H and O–H groups in total. The summed E-state index contributed by atoms with van der Waals surface area (Å²) in [5, 5.41) is 21.2. The molecule has 0 spiro atoms. The number of benzene rings is 1. The Hall–Kier alpha value is -1.50. The van der Waals surface area contributed by atoms with Gasteiger partial charge >= 0.3 is 0 Å². The Morgan fingerprint density at radius 1 is 1.21 bits per heavy atom. The molecule has 0 heterocycles. The number of halogens is 2. The zero-order valence-corrected chi connectivity index (χ0v) is 11.8. The van der Waals surface area contributed by atoms with Gasteiger partial charge in [0.1, 0.15) is 0 Å². The zero-order chi connectivity index (χ0) is 14.3. The highest BCUT2D eigenvalue weighted by Crippen LogP contribution is 2.22. The molecular formula is C11H15Cl2N5O. The van der Waals surface area contributed by atoms with Crippen LogP contribution in [0.25, 0.3) is 0 Å². The van der Waals surface area contributed by atoms with Crippen LogP contribution in [0.5, 0.6) is 0 Å². The highest BCUT2D eigenvalue weighted by molar-refractivity contribution is 6.42. The van der Waals surface area contributed by atoms with Crippen LogP contribution >= 0.6 is 23.2 Å². The molecule has 1 aromatic carbocycles. The molecular weight excluding hydrogens is 289 g/mol. The molecule has 0 saturated heterocycles. The van der Waals surface area contributed by atoms with Crippen LogP contribution in [0.2, 0.25) is 10.0 Å². The molecule has 0 fully saturated rings. The molecule has 0 saturated carbocycles. The quantitative estimate of drug-likeness (QED) is 0.333. The monoisotopic (exact) mass is 303 g/mol. The lowest BCUT2D eigenvalue weighted by Gasteiger charge is -2.11. The van der Waals surface area contributed by atoms with Crippen molar-refractivity contribution in [2.45, 2.75) is 6.42 Å². The van der Waals surface area contributed by atoms with E-state index in [1.54, 1.807) is 12.1 Å². The molecule has 0 bridgehead atoms. The molecule has 0 aliphatic rings. The number of rotatable bonds is 4. The van der Waals surface area contributed by atoms with Crippen LogP contribution in [-0.4, -0.2) is 25.6 Å². The van der Waals surface area contributed by atoms with Crippen molar-refractivity contribution in [1.29, 1.82) is 10.8 Å². The van der Waals surface area contributed by atoms with Gasteiger partial charge in [0.25, 0.3) is 0 Å². The van der Waals surface area contributed by atoms with Crippen LogP contribution in [0.1, 0.15) is 5.56 Å². The SMILES string of the molecule is CONC(=N)NC(=N)NCCc1ccc(Cl)c(Cl)c1. The largest absolute Gasteiger partial charge is 0.356 e. The van der Waals surface area contributed by atoms with Gasteiger partial charge in [0.2, 0.25) is 5.96 Å². The number of hydrogen-bond acceptors (Lipinski definition) is 3. The van der Waals surface area contributed by atoms with Crippen LogP contribution in [0, 0.1) is 10.8 Å². The van der Waals surface area contributed by atoms with E-state index >= 15 is 0 Å². The van der Waals surface area contributed by atoms with E-state index in [0.717, 1.165) is 5.56 Å². The predicted octanol–water partition coefficient (Wildman–Crippen LogP) is 1.74. The molecule has 1 aromatic rings. The summed E-state index contributed by atoms with van der Waals surface area (Å²) in [7, 11) is 1.39. The Balaban J connectivity index is 2.31. The molecule has 104 valence electrons. The summed E-state index contributed by atoms with van der Waals surface area (Å²) in [6, 6.07) is 5.40. The first-order valence-electron chi connectivity index (χ1n) is 5.44. The van der Waals surface area contributed by atoms with E-state index in [0.29, 0.717) is 23.0 Å². The molecule has 0 atom stereocenters. The van der Waals surface area contributed by atoms with Gasteiger partial charge in [-0.25, -0.2) is 5.48 Å². The van der Waals surface area contributed by atoms with Gasteiger partial charge in [-0.2, -0.15) is 0 Å². The minimum absolute atomic E-state index is 0.00890. The molecule has 0 aliphatic heterocycles. The molecule has 0 aliphatic carbocycles. The number of hydroxylamine groups is 1. The van der Waals surface area contributed by atoms with Crippen molar-refractivity contribution in [2.75, 3.05) is 13.7 Å². The molecule has 0 radical (unpaired) electrons. The Morgan fingerprint density at radius 3 is 2.58 bits per heavy atom. The molecule has 19 heavy (non-hydrogen) atoms. The lowest BCUT2D eigenvalue weighted by molar-refractivity contribution is 0.141. The van der Waals surface area contributed by atoms with Crippen molar-refractivity contribution < 1.29 is 4.84 Å². The normalized spacial score (nSPS) is 9.84. The molecule has 0 amide bonds. The summed E-state index contributed by atoms with van der Waals surface area (Å²) in [5.74, 6) is -0.107. The van der Waals surface area contributed by atoms with Crippen LogP contribution in [-0.2, 0) is 11.3 Å². The van der Waals surface area contributed by atoms with Crippen LogP contribution < -0.4 is 16.1 Å². The Morgan fingerprint density at radius 2 is 1.95 bits per heavy atom. The standard InChI is InChI=1S/C11H15Cl2N5O/c1-19-18-11(15)17-10(14)16-5-4-7-2-3-8(12)9(13)6-7/h2-3,6H,4-5H2,1H3,(H5,14,15,16,17,18). The summed E-state index contributed by atoms with van der Waals surface area (Å²) in [6.07, 6.45) is 0.686. The molecule has 0 aromatic heterocycles. The first-order valence-corrected chi connectivity index (χ1v) is 6.19. The van der Waals surface area contributed by atoms with E-state index < -0.39 is 0 Å². The minimum atomic E-state index is -0.116. The predicted molar refractivity (Wildman–Crippen MR) is 76.9 cm³/mol. The zero-order valence-electron chi connectivity index (χ0n) is 10.3. The maximum Gasteiger partial charge on any atom is 0.219 e. The van der Waals surface area contributed by atoms with E-state index in [1.165, 1.54) is 7.11 Å². The lowest BCUT2D eigenvalue weighted by Crippen LogP contribution is -2.45. The van der Waals surface area contributed by atoms with Gasteiger partial charge in [-0.1, -0.05) is 29.3 Å². The van der Waals surface area contributed by atoms with Crippen LogP contribution in [0.3, 0.4) is 0 Å². The highest BCUT2D eigenvalue weighted by atomic mass is 35.5. The second kappa shape index (κ2) is 7.83. The van der Waals surface area contributed by atoms with Crippen molar-refractivity contribution in [3.8, 4) is 0 Å². The highest BCUT2D eigenvalue weighted by Gasteiger charge is 2.01. The van der Waals surface area contributed by atoms with Crippen molar-refractivity contribution >= 4 is 35.1 Å². The van der Waals surface area contributed by atoms with Crippen molar-refractivity contribution in [3.05, 3.63) is 33.8 Å². The topological polar surface area (TPSA) is 93.0 Å². The fourth-order valence-corrected chi connectivity index (χ4v) is 1.64. The van der Waals surface area contributed by atoms with Gasteiger partial charge in [-0.15, -0.1) is 0 Å². The first-order chi connectivity index (χ1) is 9.02. The third kappa shape index (κ3) is 5.78. The number of nitrogens with one attached hydrogen (secondary N) is 5. The van der Waals surface area contributed by atoms with E-state index in [1.807, 2.05) is 6.07 Å². The summed E-state index contributed by atoms with van der Waals surface area (Å²) < 4.78 is 0. The van der Waals surface area contributed by atoms with Gasteiger partial charge in [0, 0.05) is 6.54 Å². The lowest BCUT2D eigenvalue weighted by atomic mass is 10.1. The van der Waals surface area contributed by atoms with Crippen LogP contribution in [0.15, 0.2) is 18.2 Å². The number of guanidine groups is 2. The molecule has 6 nitrogen and oxygen atoms in total. The summed E-state index contributed by atoms with van der Waals surface area (Å²) in [4.78, 5) is 4.51. The average molecular weight is 304 g/mol. The fraction of sp³-hybridized carbons (Fsp3) is 0.273. The third-order valence-electron chi connectivity index (χ3n) is 2.15. The minimum Gasteiger partial charge on any atom is -0.356 e. The third-order valence-corrected chi connectivity index (χ3v) is 2.89. The van der Waals surface area contributed by atoms with Gasteiger partial charge in [-0.05, 0) is 24.1 Å². The van der Waals surface area contributed by atoms with Gasteiger partial charge in [0.15, 0.2) is 5.96 Å². The summed E-state index contributed by atoms with van der Waals surface area (Å²) in [5.41, 5.74) is 3.27. The Bertz CT molecular complexity index is 466. The molecule has 1 rings (SSSR count). The van der Waals surface area contributed by atoms with Gasteiger partial charge in [-0.3, -0.25) is 21.0 Å². The molecule has 0 unspecified atom stereocenters. The van der Waals surface area contributed by atoms with E-state index in [-0.39, 0.29) is 11.9 Å². The average Bonchev–Trinajstić information content (AvgIpc) is 2.34. The smallest absolute Gasteiger partial charge is 0.219 e. The maximum atomic E-state index is 7.53. The molecule has 8 heteroatoms. The number of hydrogen-bond donors (Lipinski definition) is 5. The first kappa shape index (κ1) is 15.6. The summed E-state index contributed by atoms with van der Waals surface area (Å²) >= 11 is 11.7. The van der Waals surface area contributed by atoms with Crippen molar-refractivity contribution in [2.24, 2.45) is 0 Å². The van der Waals surface area contributed by atoms with Crippen molar-refractivity contribution in [3.63, 3.8) is 0 Å². The van der Waals surface area contributed by atoms with E-state index in [9.17, 15) is 0 Å².